The molecule has 0 saturated carbocycles. The Morgan fingerprint density at radius 3 is 2.59 bits per heavy atom. The molecule has 1 heterocycles. The summed E-state index contributed by atoms with van der Waals surface area (Å²) in [6.07, 6.45) is 0. The second-order valence-electron chi connectivity index (χ2n) is 5.27. The number of benzene rings is 1. The van der Waals surface area contributed by atoms with Gasteiger partial charge in [0.25, 0.3) is 0 Å². The topological polar surface area (TPSA) is 59.8 Å². The third-order valence-corrected chi connectivity index (χ3v) is 4.50. The first-order valence-corrected chi connectivity index (χ1v) is 8.27. The summed E-state index contributed by atoms with van der Waals surface area (Å²) in [4.78, 5) is 12.0. The fraction of sp³-hybridized carbons (Fsp3) is 0.400. The van der Waals surface area contributed by atoms with Crippen LogP contribution in [-0.2, 0) is 11.8 Å². The Labute approximate surface area is 139 Å². The summed E-state index contributed by atoms with van der Waals surface area (Å²) in [5.74, 6) is 0.673. The maximum atomic E-state index is 12.0. The monoisotopic (exact) mass is 338 g/mol. The SMILES string of the molecule is CC(C)NC(=O)[C@H](C)Sc1nnc(-c2ccccc2Cl)n1C. The van der Waals surface area contributed by atoms with Gasteiger partial charge in [-0.15, -0.1) is 10.2 Å². The van der Waals surface area contributed by atoms with Crippen molar-refractivity contribution < 1.29 is 4.79 Å². The Morgan fingerprint density at radius 1 is 1.27 bits per heavy atom. The Morgan fingerprint density at radius 2 is 1.95 bits per heavy atom. The van der Waals surface area contributed by atoms with Gasteiger partial charge in [0, 0.05) is 18.7 Å². The predicted molar refractivity (Wildman–Crippen MR) is 90.0 cm³/mol. The molecule has 1 aromatic heterocycles. The van der Waals surface area contributed by atoms with Gasteiger partial charge in [0.15, 0.2) is 11.0 Å². The van der Waals surface area contributed by atoms with Crippen LogP contribution in [0.5, 0.6) is 0 Å². The van der Waals surface area contributed by atoms with Gasteiger partial charge in [-0.3, -0.25) is 4.79 Å². The number of aromatic nitrogens is 3. The highest BCUT2D eigenvalue weighted by Crippen LogP contribution is 2.29. The average Bonchev–Trinajstić information content (AvgIpc) is 2.80. The zero-order valence-electron chi connectivity index (χ0n) is 13.0. The number of hydrogen-bond acceptors (Lipinski definition) is 4. The van der Waals surface area contributed by atoms with Crippen molar-refractivity contribution >= 4 is 29.3 Å². The molecule has 0 spiro atoms. The lowest BCUT2D eigenvalue weighted by atomic mass is 10.2. The Bertz CT molecular complexity index is 671. The van der Waals surface area contributed by atoms with Gasteiger partial charge in [-0.05, 0) is 32.9 Å². The summed E-state index contributed by atoms with van der Waals surface area (Å²) in [7, 11) is 1.87. The van der Waals surface area contributed by atoms with E-state index in [0.717, 1.165) is 5.56 Å². The molecule has 0 aliphatic heterocycles. The van der Waals surface area contributed by atoms with Gasteiger partial charge in [-0.1, -0.05) is 35.5 Å². The van der Waals surface area contributed by atoms with Crippen molar-refractivity contribution in [3.63, 3.8) is 0 Å². The van der Waals surface area contributed by atoms with Crippen LogP contribution in [0.4, 0.5) is 0 Å². The van der Waals surface area contributed by atoms with E-state index in [1.165, 1.54) is 11.8 Å². The lowest BCUT2D eigenvalue weighted by Gasteiger charge is -2.13. The third-order valence-electron chi connectivity index (χ3n) is 3.03. The fourth-order valence-electron chi connectivity index (χ4n) is 1.91. The molecule has 7 heteroatoms. The molecule has 0 saturated heterocycles. The molecule has 0 bridgehead atoms. The zero-order valence-corrected chi connectivity index (χ0v) is 14.6. The minimum absolute atomic E-state index is 0.0118. The van der Waals surface area contributed by atoms with Crippen molar-refractivity contribution in [3.05, 3.63) is 29.3 Å². The predicted octanol–water partition coefficient (Wildman–Crippen LogP) is 3.14. The molecule has 22 heavy (non-hydrogen) atoms. The third kappa shape index (κ3) is 3.81. The minimum atomic E-state index is -0.246. The maximum absolute atomic E-state index is 12.0. The molecule has 2 rings (SSSR count). The van der Waals surface area contributed by atoms with Gasteiger partial charge < -0.3 is 9.88 Å². The zero-order chi connectivity index (χ0) is 16.3. The summed E-state index contributed by atoms with van der Waals surface area (Å²) in [6, 6.07) is 7.61. The van der Waals surface area contributed by atoms with Crippen LogP contribution >= 0.6 is 23.4 Å². The molecule has 0 aliphatic rings. The van der Waals surface area contributed by atoms with Crippen LogP contribution < -0.4 is 5.32 Å². The van der Waals surface area contributed by atoms with Crippen LogP contribution in [0.1, 0.15) is 20.8 Å². The maximum Gasteiger partial charge on any atom is 0.233 e. The normalized spacial score (nSPS) is 12.5. The van der Waals surface area contributed by atoms with Crippen LogP contribution in [0, 0.1) is 0 Å². The van der Waals surface area contributed by atoms with E-state index in [2.05, 4.69) is 15.5 Å². The van der Waals surface area contributed by atoms with E-state index in [0.29, 0.717) is 16.0 Å². The first kappa shape index (κ1) is 16.8. The number of nitrogens with one attached hydrogen (secondary N) is 1. The first-order valence-electron chi connectivity index (χ1n) is 7.01. The lowest BCUT2D eigenvalue weighted by Crippen LogP contribution is -2.36. The minimum Gasteiger partial charge on any atom is -0.353 e. The van der Waals surface area contributed by atoms with E-state index in [1.54, 1.807) is 0 Å². The molecule has 1 aromatic carbocycles. The number of carbonyl (C=O) groups excluding carboxylic acids is 1. The van der Waals surface area contributed by atoms with Crippen molar-refractivity contribution in [2.75, 3.05) is 0 Å². The van der Waals surface area contributed by atoms with Crippen molar-refractivity contribution in [1.82, 2.24) is 20.1 Å². The van der Waals surface area contributed by atoms with E-state index in [9.17, 15) is 4.79 Å². The number of rotatable bonds is 5. The number of amides is 1. The van der Waals surface area contributed by atoms with E-state index < -0.39 is 0 Å². The summed E-state index contributed by atoms with van der Waals surface area (Å²) >= 11 is 7.58. The van der Waals surface area contributed by atoms with Gasteiger partial charge in [-0.25, -0.2) is 0 Å². The van der Waals surface area contributed by atoms with Crippen molar-refractivity contribution in [1.29, 1.82) is 0 Å². The molecular formula is C15H19ClN4OS. The van der Waals surface area contributed by atoms with Crippen molar-refractivity contribution in [2.24, 2.45) is 7.05 Å². The summed E-state index contributed by atoms with van der Waals surface area (Å²) in [5.41, 5.74) is 0.824. The Balaban J connectivity index is 2.18. The molecule has 1 amide bonds. The molecule has 2 aromatic rings. The number of carbonyl (C=O) groups is 1. The second-order valence-corrected chi connectivity index (χ2v) is 6.98. The molecule has 0 radical (unpaired) electrons. The molecule has 0 fully saturated rings. The van der Waals surface area contributed by atoms with Gasteiger partial charge in [-0.2, -0.15) is 0 Å². The Kier molecular flexibility index (Phi) is 5.47. The van der Waals surface area contributed by atoms with E-state index >= 15 is 0 Å². The fourth-order valence-corrected chi connectivity index (χ4v) is 2.95. The summed E-state index contributed by atoms with van der Waals surface area (Å²) in [6.45, 7) is 5.73. The first-order chi connectivity index (χ1) is 10.4. The quantitative estimate of drug-likeness (QED) is 0.851. The van der Waals surface area contributed by atoms with E-state index in [-0.39, 0.29) is 17.2 Å². The van der Waals surface area contributed by atoms with Crippen molar-refractivity contribution in [3.8, 4) is 11.4 Å². The molecule has 0 aliphatic carbocycles. The van der Waals surface area contributed by atoms with Gasteiger partial charge in [0.1, 0.15) is 0 Å². The highest BCUT2D eigenvalue weighted by molar-refractivity contribution is 8.00. The van der Waals surface area contributed by atoms with Gasteiger partial charge in [0.05, 0.1) is 10.3 Å². The summed E-state index contributed by atoms with van der Waals surface area (Å²) in [5, 5.41) is 12.3. The van der Waals surface area contributed by atoms with Crippen molar-refractivity contribution in [2.45, 2.75) is 37.2 Å². The van der Waals surface area contributed by atoms with E-state index in [1.807, 2.05) is 56.7 Å². The summed E-state index contributed by atoms with van der Waals surface area (Å²) < 4.78 is 1.85. The highest BCUT2D eigenvalue weighted by Gasteiger charge is 2.20. The standard InChI is InChI=1S/C15H19ClN4OS/c1-9(2)17-14(21)10(3)22-15-19-18-13(20(15)4)11-7-5-6-8-12(11)16/h5-10H,1-4H3,(H,17,21)/t10-/m0/s1. The molecule has 118 valence electrons. The average molecular weight is 339 g/mol. The number of hydrogen-bond donors (Lipinski definition) is 1. The second kappa shape index (κ2) is 7.15. The molecule has 1 atom stereocenters. The molecular weight excluding hydrogens is 320 g/mol. The Hall–Kier alpha value is -1.53. The van der Waals surface area contributed by atoms with E-state index in [4.69, 9.17) is 11.6 Å². The van der Waals surface area contributed by atoms with Gasteiger partial charge >= 0.3 is 0 Å². The highest BCUT2D eigenvalue weighted by atomic mass is 35.5. The van der Waals surface area contributed by atoms with Crippen LogP contribution in [0.25, 0.3) is 11.4 Å². The number of halogens is 1. The van der Waals surface area contributed by atoms with Crippen LogP contribution in [0.2, 0.25) is 5.02 Å². The van der Waals surface area contributed by atoms with Crippen LogP contribution in [-0.4, -0.2) is 32.0 Å². The lowest BCUT2D eigenvalue weighted by molar-refractivity contribution is -0.120. The number of thioether (sulfide) groups is 1. The molecule has 0 unspecified atom stereocenters. The smallest absolute Gasteiger partial charge is 0.233 e. The van der Waals surface area contributed by atoms with Crippen LogP contribution in [0.15, 0.2) is 29.4 Å². The van der Waals surface area contributed by atoms with Gasteiger partial charge in [0.2, 0.25) is 5.91 Å². The molecule has 5 nitrogen and oxygen atoms in total. The molecule has 1 N–H and O–H groups in total. The largest absolute Gasteiger partial charge is 0.353 e. The number of nitrogens with zero attached hydrogens (tertiary/aromatic N) is 3. The van der Waals surface area contributed by atoms with Crippen LogP contribution in [0.3, 0.4) is 0 Å².